The number of carboxylic acid groups (broad SMARTS) is 1. The molecule has 0 aliphatic heterocycles. The quantitative estimate of drug-likeness (QED) is 0.773. The minimum atomic E-state index is -1.07. The Morgan fingerprint density at radius 1 is 1.19 bits per heavy atom. The summed E-state index contributed by atoms with van der Waals surface area (Å²) < 4.78 is 6.52. The van der Waals surface area contributed by atoms with Gasteiger partial charge in [-0.1, -0.05) is 12.1 Å². The lowest BCUT2D eigenvalue weighted by Crippen LogP contribution is -2.25. The highest BCUT2D eigenvalue weighted by Crippen LogP contribution is 2.30. The number of rotatable bonds is 3. The Bertz CT molecular complexity index is 1130. The van der Waals surface area contributed by atoms with E-state index in [1.54, 1.807) is 13.2 Å². The van der Waals surface area contributed by atoms with Crippen LogP contribution in [0.25, 0.3) is 17.3 Å². The van der Waals surface area contributed by atoms with Gasteiger partial charge in [-0.3, -0.25) is 9.20 Å². The molecule has 6 heteroatoms. The van der Waals surface area contributed by atoms with Gasteiger partial charge in [0.05, 0.1) is 18.4 Å². The molecule has 0 fully saturated rings. The molecule has 1 aromatic carbocycles. The average Bonchev–Trinajstić information content (AvgIpc) is 2.69. The Labute approximate surface area is 155 Å². The van der Waals surface area contributed by atoms with E-state index in [1.165, 1.54) is 16.7 Å². The molecule has 136 valence electrons. The number of carbonyl (C=O) groups is 1. The van der Waals surface area contributed by atoms with Crippen LogP contribution in [0.2, 0.25) is 0 Å². The van der Waals surface area contributed by atoms with E-state index in [1.807, 2.05) is 30.3 Å². The predicted molar refractivity (Wildman–Crippen MR) is 102 cm³/mol. The van der Waals surface area contributed by atoms with Crippen LogP contribution in [-0.4, -0.2) is 27.6 Å². The van der Waals surface area contributed by atoms with Crippen LogP contribution < -0.4 is 10.3 Å². The Kier molecular flexibility index (Phi) is 4.24. The van der Waals surface area contributed by atoms with Crippen LogP contribution in [0.4, 0.5) is 0 Å². The predicted octanol–water partition coefficient (Wildman–Crippen LogP) is 3.28. The first kappa shape index (κ1) is 17.0. The number of carboxylic acids is 1. The molecule has 0 radical (unpaired) electrons. The Morgan fingerprint density at radius 3 is 2.67 bits per heavy atom. The van der Waals surface area contributed by atoms with Crippen molar-refractivity contribution in [2.75, 3.05) is 7.11 Å². The Hall–Kier alpha value is -3.41. The van der Waals surface area contributed by atoms with Crippen molar-refractivity contribution in [2.24, 2.45) is 0 Å². The van der Waals surface area contributed by atoms with Crippen LogP contribution in [0.15, 0.2) is 47.4 Å². The molecule has 27 heavy (non-hydrogen) atoms. The lowest BCUT2D eigenvalue weighted by atomic mass is 9.91. The summed E-state index contributed by atoms with van der Waals surface area (Å²) in [6.07, 6.45) is 5.73. The smallest absolute Gasteiger partial charge is 0.337 e. The van der Waals surface area contributed by atoms with Crippen LogP contribution in [0.1, 0.15) is 40.0 Å². The third kappa shape index (κ3) is 3.10. The molecular formula is C21H18N2O4. The van der Waals surface area contributed by atoms with Crippen LogP contribution in [0.3, 0.4) is 0 Å². The number of pyridine rings is 1. The van der Waals surface area contributed by atoms with E-state index in [-0.39, 0.29) is 11.1 Å². The van der Waals surface area contributed by atoms with Crippen LogP contribution >= 0.6 is 0 Å². The summed E-state index contributed by atoms with van der Waals surface area (Å²) >= 11 is 0. The molecule has 0 saturated carbocycles. The molecule has 1 aliphatic rings. The number of aromatic carboxylic acids is 1. The van der Waals surface area contributed by atoms with E-state index < -0.39 is 5.97 Å². The summed E-state index contributed by atoms with van der Waals surface area (Å²) in [5, 5.41) is 9.16. The van der Waals surface area contributed by atoms with Crippen molar-refractivity contribution < 1.29 is 14.6 Å². The highest BCUT2D eigenvalue weighted by molar-refractivity contribution is 5.88. The number of allylic oxidation sites excluding steroid dienone is 1. The fourth-order valence-electron chi connectivity index (χ4n) is 3.41. The Morgan fingerprint density at radius 2 is 1.96 bits per heavy atom. The molecule has 0 amide bonds. The molecule has 2 heterocycles. The fourth-order valence-corrected chi connectivity index (χ4v) is 3.41. The molecule has 1 aliphatic carbocycles. The number of benzene rings is 1. The number of hydrogen-bond acceptors (Lipinski definition) is 4. The average molecular weight is 362 g/mol. The molecule has 6 nitrogen and oxygen atoms in total. The van der Waals surface area contributed by atoms with Crippen molar-refractivity contribution in [3.63, 3.8) is 0 Å². The number of hydrogen-bond donors (Lipinski definition) is 1. The lowest BCUT2D eigenvalue weighted by molar-refractivity contribution is 0.0696. The van der Waals surface area contributed by atoms with E-state index >= 15 is 0 Å². The highest BCUT2D eigenvalue weighted by atomic mass is 16.5. The van der Waals surface area contributed by atoms with Crippen molar-refractivity contribution in [3.8, 4) is 5.75 Å². The van der Waals surface area contributed by atoms with Crippen molar-refractivity contribution in [1.82, 2.24) is 9.38 Å². The first-order valence-corrected chi connectivity index (χ1v) is 8.70. The highest BCUT2D eigenvalue weighted by Gasteiger charge is 2.21. The van der Waals surface area contributed by atoms with Gasteiger partial charge in [0, 0.05) is 11.8 Å². The van der Waals surface area contributed by atoms with Gasteiger partial charge in [-0.15, -0.1) is 0 Å². The minimum Gasteiger partial charge on any atom is -0.497 e. The van der Waals surface area contributed by atoms with Gasteiger partial charge in [0.15, 0.2) is 0 Å². The number of ether oxygens (including phenoxy) is 1. The van der Waals surface area contributed by atoms with Crippen molar-refractivity contribution >= 4 is 23.3 Å². The molecular weight excluding hydrogens is 344 g/mol. The van der Waals surface area contributed by atoms with Gasteiger partial charge in [0.1, 0.15) is 11.4 Å². The van der Waals surface area contributed by atoms with Gasteiger partial charge < -0.3 is 9.84 Å². The molecule has 4 rings (SSSR count). The van der Waals surface area contributed by atoms with Gasteiger partial charge >= 0.3 is 5.97 Å². The maximum Gasteiger partial charge on any atom is 0.337 e. The maximum atomic E-state index is 12.9. The van der Waals surface area contributed by atoms with Gasteiger partial charge in [-0.05, 0) is 60.7 Å². The third-order valence-corrected chi connectivity index (χ3v) is 4.80. The molecule has 3 aromatic rings. The zero-order chi connectivity index (χ0) is 19.0. The first-order valence-electron chi connectivity index (χ1n) is 8.70. The van der Waals surface area contributed by atoms with Crippen molar-refractivity contribution in [3.05, 3.63) is 75.3 Å². The van der Waals surface area contributed by atoms with Crippen LogP contribution in [0, 0.1) is 0 Å². The van der Waals surface area contributed by atoms with Gasteiger partial charge in [0.2, 0.25) is 0 Å². The van der Waals surface area contributed by atoms with E-state index in [4.69, 9.17) is 9.84 Å². The number of aromatic nitrogens is 2. The summed E-state index contributed by atoms with van der Waals surface area (Å²) in [6, 6.07) is 10.8. The summed E-state index contributed by atoms with van der Waals surface area (Å²) in [4.78, 5) is 28.8. The first-order chi connectivity index (χ1) is 13.1. The molecule has 1 N–H and O–H groups in total. The lowest BCUT2D eigenvalue weighted by Gasteiger charge is -2.18. The second kappa shape index (κ2) is 6.72. The molecule has 0 atom stereocenters. The maximum absolute atomic E-state index is 12.9. The fraction of sp³-hybridized carbons (Fsp3) is 0.190. The largest absolute Gasteiger partial charge is 0.497 e. The van der Waals surface area contributed by atoms with Crippen molar-refractivity contribution in [1.29, 1.82) is 0 Å². The van der Waals surface area contributed by atoms with E-state index in [9.17, 15) is 9.59 Å². The monoisotopic (exact) mass is 362 g/mol. The molecule has 0 bridgehead atoms. The van der Waals surface area contributed by atoms with Gasteiger partial charge in [0.25, 0.3) is 5.56 Å². The van der Waals surface area contributed by atoms with Crippen molar-refractivity contribution in [2.45, 2.75) is 19.3 Å². The summed E-state index contributed by atoms with van der Waals surface area (Å²) in [5.41, 5.74) is 3.71. The van der Waals surface area contributed by atoms with E-state index in [2.05, 4.69) is 4.98 Å². The number of fused-ring (bicyclic) bond motifs is 2. The summed E-state index contributed by atoms with van der Waals surface area (Å²) in [6.45, 7) is 0. The van der Waals surface area contributed by atoms with E-state index in [0.29, 0.717) is 23.3 Å². The van der Waals surface area contributed by atoms with Crippen LogP contribution in [0.5, 0.6) is 5.75 Å². The van der Waals surface area contributed by atoms with E-state index in [0.717, 1.165) is 29.7 Å². The zero-order valence-electron chi connectivity index (χ0n) is 14.8. The minimum absolute atomic E-state index is 0.0659. The summed E-state index contributed by atoms with van der Waals surface area (Å²) in [5.74, 6) is -0.278. The summed E-state index contributed by atoms with van der Waals surface area (Å²) in [7, 11) is 1.63. The second-order valence-corrected chi connectivity index (χ2v) is 6.49. The van der Waals surface area contributed by atoms with Crippen LogP contribution in [-0.2, 0) is 6.42 Å². The molecule has 2 aromatic heterocycles. The molecule has 0 spiro atoms. The topological polar surface area (TPSA) is 80.9 Å². The number of nitrogens with zero attached hydrogens (tertiary/aromatic N) is 2. The number of methoxy groups -OCH3 is 1. The molecule has 0 saturated heterocycles. The normalized spacial score (nSPS) is 14.9. The zero-order valence-corrected chi connectivity index (χ0v) is 14.8. The van der Waals surface area contributed by atoms with Gasteiger partial charge in [-0.2, -0.15) is 0 Å². The Balaban J connectivity index is 1.85. The molecule has 0 unspecified atom stereocenters. The van der Waals surface area contributed by atoms with Gasteiger partial charge in [-0.25, -0.2) is 9.78 Å². The second-order valence-electron chi connectivity index (χ2n) is 6.49. The third-order valence-electron chi connectivity index (χ3n) is 4.80. The standard InChI is InChI=1S/C21H18N2O4/c1-27-16-8-5-13(6-9-16)11-14-3-2-4-17-19(14)22-18-10-7-15(21(25)26)12-23(18)20(17)24/h5-12H,2-4H2,1H3,(H,25,26). The SMILES string of the molecule is COc1ccc(C=C2CCCc3c2nc2ccc(C(=O)O)cn2c3=O)cc1.